The van der Waals surface area contributed by atoms with Crippen LogP contribution < -0.4 is 5.32 Å². The van der Waals surface area contributed by atoms with Crippen LogP contribution in [0.2, 0.25) is 0 Å². The van der Waals surface area contributed by atoms with Crippen molar-refractivity contribution in [3.05, 3.63) is 71.7 Å². The summed E-state index contributed by atoms with van der Waals surface area (Å²) < 4.78 is 25.7. The lowest BCUT2D eigenvalue weighted by Gasteiger charge is -2.13. The average molecular weight is 371 g/mol. The van der Waals surface area contributed by atoms with Gasteiger partial charge in [-0.25, -0.2) is 9.18 Å². The number of rotatable bonds is 6. The van der Waals surface area contributed by atoms with E-state index in [1.54, 1.807) is 48.3 Å². The fraction of sp³-hybridized carbons (Fsp3) is 0.211. The fourth-order valence-electron chi connectivity index (χ4n) is 2.31. The van der Waals surface area contributed by atoms with Crippen LogP contribution in [-0.4, -0.2) is 27.8 Å². The molecule has 0 bridgehead atoms. The minimum absolute atomic E-state index is 0.0156. The van der Waals surface area contributed by atoms with E-state index in [1.807, 2.05) is 0 Å². The Bertz CT molecular complexity index is 950. The number of hydrogen-bond donors (Lipinski definition) is 1. The monoisotopic (exact) mass is 371 g/mol. The first kappa shape index (κ1) is 18.4. The molecule has 3 aromatic rings. The molecule has 27 heavy (non-hydrogen) atoms. The van der Waals surface area contributed by atoms with Crippen LogP contribution in [0.1, 0.15) is 28.8 Å². The van der Waals surface area contributed by atoms with E-state index in [-0.39, 0.29) is 11.4 Å². The lowest BCUT2D eigenvalue weighted by atomic mass is 10.2. The van der Waals surface area contributed by atoms with Gasteiger partial charge in [-0.05, 0) is 49.7 Å². The molecule has 2 heterocycles. The molecule has 1 aromatic carbocycles. The number of hydrogen-bond acceptors (Lipinski definition) is 5. The Hall–Kier alpha value is -3.42. The maximum atomic E-state index is 13.5. The van der Waals surface area contributed by atoms with Crippen molar-refractivity contribution >= 4 is 17.6 Å². The number of ether oxygens (including phenoxy) is 1. The average Bonchev–Trinajstić information content (AvgIpc) is 3.30. The van der Waals surface area contributed by atoms with Crippen LogP contribution >= 0.6 is 0 Å². The first-order chi connectivity index (χ1) is 12.9. The second kappa shape index (κ2) is 7.86. The van der Waals surface area contributed by atoms with Crippen LogP contribution in [0.3, 0.4) is 0 Å². The summed E-state index contributed by atoms with van der Waals surface area (Å²) in [6, 6.07) is 9.21. The number of furan rings is 1. The molecule has 0 aliphatic heterocycles. The molecule has 0 radical (unpaired) electrons. The molecule has 7 nitrogen and oxygen atoms in total. The smallest absolute Gasteiger partial charge is 0.375 e. The molecule has 1 unspecified atom stereocenters. The van der Waals surface area contributed by atoms with Gasteiger partial charge in [-0.3, -0.25) is 9.48 Å². The molecular formula is C19H18FN3O4. The molecule has 3 rings (SSSR count). The standard InChI is InChI=1S/C19H18FN3O4/c1-12-4-5-14(10-16(12)20)22-18(24)13(2)26-19(25)17-7-6-15(27-17)11-23-9-3-8-21-23/h3-10,13H,11H2,1-2H3,(H,22,24). The Kier molecular flexibility index (Phi) is 5.35. The summed E-state index contributed by atoms with van der Waals surface area (Å²) in [6.45, 7) is 3.41. The maximum absolute atomic E-state index is 13.5. The number of nitrogens with one attached hydrogen (secondary N) is 1. The molecule has 1 N–H and O–H groups in total. The van der Waals surface area contributed by atoms with Crippen molar-refractivity contribution in [2.45, 2.75) is 26.5 Å². The van der Waals surface area contributed by atoms with Crippen LogP contribution in [0.15, 0.2) is 53.2 Å². The highest BCUT2D eigenvalue weighted by Crippen LogP contribution is 2.15. The van der Waals surface area contributed by atoms with Crippen LogP contribution in [0.5, 0.6) is 0 Å². The third kappa shape index (κ3) is 4.60. The molecule has 2 aromatic heterocycles. The molecule has 1 atom stereocenters. The first-order valence-corrected chi connectivity index (χ1v) is 8.26. The van der Waals surface area contributed by atoms with Gasteiger partial charge >= 0.3 is 5.97 Å². The summed E-state index contributed by atoms with van der Waals surface area (Å²) in [4.78, 5) is 24.3. The number of carbonyl (C=O) groups is 2. The molecule has 0 aliphatic rings. The SMILES string of the molecule is Cc1ccc(NC(=O)C(C)OC(=O)c2ccc(Cn3cccn3)o2)cc1F. The van der Waals surface area contributed by atoms with E-state index >= 15 is 0 Å². The quantitative estimate of drug-likeness (QED) is 0.673. The van der Waals surface area contributed by atoms with Crippen molar-refractivity contribution in [3.8, 4) is 0 Å². The van der Waals surface area contributed by atoms with Gasteiger partial charge in [0.2, 0.25) is 5.76 Å². The fourth-order valence-corrected chi connectivity index (χ4v) is 2.31. The Morgan fingerprint density at radius 1 is 1.33 bits per heavy atom. The summed E-state index contributed by atoms with van der Waals surface area (Å²) in [6.07, 6.45) is 2.32. The Labute approximate surface area is 154 Å². The van der Waals surface area contributed by atoms with E-state index in [1.165, 1.54) is 19.1 Å². The highest BCUT2D eigenvalue weighted by molar-refractivity contribution is 5.96. The summed E-state index contributed by atoms with van der Waals surface area (Å²) in [5.41, 5.74) is 0.752. The lowest BCUT2D eigenvalue weighted by molar-refractivity contribution is -0.123. The predicted molar refractivity (Wildman–Crippen MR) is 94.7 cm³/mol. The number of anilines is 1. The van der Waals surface area contributed by atoms with Crippen molar-refractivity contribution in [2.75, 3.05) is 5.32 Å². The van der Waals surface area contributed by atoms with Crippen molar-refractivity contribution in [2.24, 2.45) is 0 Å². The minimum Gasteiger partial charge on any atom is -0.452 e. The Morgan fingerprint density at radius 3 is 2.85 bits per heavy atom. The van der Waals surface area contributed by atoms with E-state index in [2.05, 4.69) is 10.4 Å². The van der Waals surface area contributed by atoms with Crippen molar-refractivity contribution < 1.29 is 23.1 Å². The summed E-state index contributed by atoms with van der Waals surface area (Å²) in [5.74, 6) is -1.26. The normalized spacial score (nSPS) is 11.8. The van der Waals surface area contributed by atoms with E-state index in [0.717, 1.165) is 0 Å². The van der Waals surface area contributed by atoms with Gasteiger partial charge in [-0.1, -0.05) is 6.07 Å². The Balaban J connectivity index is 1.57. The van der Waals surface area contributed by atoms with Crippen molar-refractivity contribution in [3.63, 3.8) is 0 Å². The minimum atomic E-state index is -1.08. The maximum Gasteiger partial charge on any atom is 0.375 e. The van der Waals surface area contributed by atoms with Crippen LogP contribution in [0.4, 0.5) is 10.1 Å². The molecule has 0 fully saturated rings. The van der Waals surface area contributed by atoms with Gasteiger partial charge in [0.25, 0.3) is 5.91 Å². The third-order valence-corrected chi connectivity index (χ3v) is 3.83. The van der Waals surface area contributed by atoms with Gasteiger partial charge in [0.05, 0.1) is 6.54 Å². The number of esters is 1. The molecule has 0 aliphatic carbocycles. The summed E-state index contributed by atoms with van der Waals surface area (Å²) in [5, 5.41) is 6.55. The molecule has 8 heteroatoms. The van der Waals surface area contributed by atoms with E-state index in [0.29, 0.717) is 17.9 Å². The number of nitrogens with zero attached hydrogens (tertiary/aromatic N) is 2. The largest absolute Gasteiger partial charge is 0.452 e. The molecule has 0 saturated carbocycles. The number of aromatic nitrogens is 2. The van der Waals surface area contributed by atoms with Gasteiger partial charge in [0.1, 0.15) is 11.6 Å². The van der Waals surface area contributed by atoms with E-state index in [4.69, 9.17) is 9.15 Å². The van der Waals surface area contributed by atoms with Crippen molar-refractivity contribution in [1.29, 1.82) is 0 Å². The van der Waals surface area contributed by atoms with E-state index in [9.17, 15) is 14.0 Å². The molecule has 0 saturated heterocycles. The van der Waals surface area contributed by atoms with E-state index < -0.39 is 23.8 Å². The molecule has 1 amide bonds. The number of amides is 1. The highest BCUT2D eigenvalue weighted by atomic mass is 19.1. The van der Waals surface area contributed by atoms with Crippen LogP contribution in [0, 0.1) is 12.7 Å². The number of halogens is 1. The second-order valence-corrected chi connectivity index (χ2v) is 5.97. The number of benzene rings is 1. The predicted octanol–water partition coefficient (Wildman–Crippen LogP) is 3.16. The van der Waals surface area contributed by atoms with Gasteiger partial charge in [-0.2, -0.15) is 5.10 Å². The molecule has 140 valence electrons. The van der Waals surface area contributed by atoms with Crippen molar-refractivity contribution in [1.82, 2.24) is 9.78 Å². The van der Waals surface area contributed by atoms with Crippen LogP contribution in [0.25, 0.3) is 0 Å². The zero-order chi connectivity index (χ0) is 19.4. The number of aryl methyl sites for hydroxylation is 1. The second-order valence-electron chi connectivity index (χ2n) is 5.97. The van der Waals surface area contributed by atoms with Gasteiger partial charge in [-0.15, -0.1) is 0 Å². The van der Waals surface area contributed by atoms with Crippen LogP contribution in [-0.2, 0) is 16.1 Å². The Morgan fingerprint density at radius 2 is 2.15 bits per heavy atom. The van der Waals surface area contributed by atoms with Gasteiger partial charge in [0.15, 0.2) is 6.10 Å². The third-order valence-electron chi connectivity index (χ3n) is 3.83. The highest BCUT2D eigenvalue weighted by Gasteiger charge is 2.21. The summed E-state index contributed by atoms with van der Waals surface area (Å²) >= 11 is 0. The zero-order valence-corrected chi connectivity index (χ0v) is 14.8. The zero-order valence-electron chi connectivity index (χ0n) is 14.8. The van der Waals surface area contributed by atoms with Gasteiger partial charge in [0, 0.05) is 18.1 Å². The lowest BCUT2D eigenvalue weighted by Crippen LogP contribution is -2.29. The number of carbonyl (C=O) groups excluding carboxylic acids is 2. The molecule has 0 spiro atoms. The van der Waals surface area contributed by atoms with Gasteiger partial charge < -0.3 is 14.5 Å². The topological polar surface area (TPSA) is 86.4 Å². The summed E-state index contributed by atoms with van der Waals surface area (Å²) in [7, 11) is 0. The first-order valence-electron chi connectivity index (χ1n) is 8.26. The molecular weight excluding hydrogens is 353 g/mol.